The van der Waals surface area contributed by atoms with Gasteiger partial charge in [-0.3, -0.25) is 4.79 Å². The Morgan fingerprint density at radius 3 is 2.70 bits per heavy atom. The van der Waals surface area contributed by atoms with E-state index in [4.69, 9.17) is 10.3 Å². The van der Waals surface area contributed by atoms with Crippen LogP contribution in [-0.4, -0.2) is 17.1 Å². The molecule has 3 rings (SSSR count). The van der Waals surface area contributed by atoms with Gasteiger partial charge in [-0.05, 0) is 31.1 Å². The molecule has 1 atom stereocenters. The highest BCUT2D eigenvalue weighted by Crippen LogP contribution is 2.49. The lowest BCUT2D eigenvalue weighted by molar-refractivity contribution is 0.0991. The summed E-state index contributed by atoms with van der Waals surface area (Å²) in [6, 6.07) is 2.21. The molecule has 0 bridgehead atoms. The third-order valence-electron chi connectivity index (χ3n) is 5.09. The molecule has 5 heteroatoms. The molecule has 110 valence electrons. The number of carbonyl (C=O) groups excluding carboxylic acids is 1. The first-order chi connectivity index (χ1) is 9.70. The lowest BCUT2D eigenvalue weighted by Crippen LogP contribution is -2.45. The van der Waals surface area contributed by atoms with Crippen molar-refractivity contribution < 1.29 is 9.32 Å². The van der Waals surface area contributed by atoms with Crippen LogP contribution in [-0.2, 0) is 6.54 Å². The molecule has 2 saturated carbocycles. The van der Waals surface area contributed by atoms with Gasteiger partial charge in [0.1, 0.15) is 0 Å². The zero-order valence-electron chi connectivity index (χ0n) is 11.9. The first-order valence-corrected chi connectivity index (χ1v) is 7.68. The minimum Gasteiger partial charge on any atom is -0.364 e. The van der Waals surface area contributed by atoms with E-state index in [-0.39, 0.29) is 5.69 Å². The standard InChI is InChI=1S/C15H23N3O2/c16-14(19)12-9-11(20-18-12)10-17-13-5-1-2-6-15(13)7-3-4-8-15/h9,13,17H,1-8,10H2,(H2,16,19)/t13-/m0/s1. The van der Waals surface area contributed by atoms with Crippen LogP contribution in [0, 0.1) is 5.41 Å². The molecule has 20 heavy (non-hydrogen) atoms. The van der Waals surface area contributed by atoms with Crippen molar-refractivity contribution in [2.45, 2.75) is 64.0 Å². The van der Waals surface area contributed by atoms with Crippen molar-refractivity contribution in [2.24, 2.45) is 11.1 Å². The molecule has 0 radical (unpaired) electrons. The van der Waals surface area contributed by atoms with E-state index in [0.717, 1.165) is 0 Å². The van der Waals surface area contributed by atoms with E-state index in [1.54, 1.807) is 6.07 Å². The Balaban J connectivity index is 1.62. The first kappa shape index (κ1) is 13.6. The van der Waals surface area contributed by atoms with Gasteiger partial charge in [0.2, 0.25) is 0 Å². The third-order valence-corrected chi connectivity index (χ3v) is 5.09. The summed E-state index contributed by atoms with van der Waals surface area (Å²) in [5, 5.41) is 7.32. The van der Waals surface area contributed by atoms with E-state index in [9.17, 15) is 4.79 Å². The molecule has 5 nitrogen and oxygen atoms in total. The van der Waals surface area contributed by atoms with E-state index >= 15 is 0 Å². The van der Waals surface area contributed by atoms with Gasteiger partial charge in [0.15, 0.2) is 11.5 Å². The van der Waals surface area contributed by atoms with E-state index < -0.39 is 5.91 Å². The fraction of sp³-hybridized carbons (Fsp3) is 0.733. The summed E-state index contributed by atoms with van der Waals surface area (Å²) < 4.78 is 5.15. The zero-order chi connectivity index (χ0) is 14.0. The average Bonchev–Trinajstić information content (AvgIpc) is 3.08. The largest absolute Gasteiger partial charge is 0.364 e. The predicted octanol–water partition coefficient (Wildman–Crippen LogP) is 2.37. The normalized spacial score (nSPS) is 25.1. The molecule has 0 aromatic carbocycles. The highest BCUT2D eigenvalue weighted by Gasteiger charge is 2.42. The van der Waals surface area contributed by atoms with E-state index in [1.165, 1.54) is 51.4 Å². The van der Waals surface area contributed by atoms with E-state index in [2.05, 4.69) is 10.5 Å². The number of nitrogens with two attached hydrogens (primary N) is 1. The van der Waals surface area contributed by atoms with Crippen LogP contribution in [0.1, 0.15) is 67.6 Å². The summed E-state index contributed by atoms with van der Waals surface area (Å²) in [5.74, 6) is 0.155. The van der Waals surface area contributed by atoms with Gasteiger partial charge in [0, 0.05) is 12.1 Å². The summed E-state index contributed by atoms with van der Waals surface area (Å²) in [4.78, 5) is 11.0. The van der Waals surface area contributed by atoms with Crippen molar-refractivity contribution in [3.63, 3.8) is 0 Å². The first-order valence-electron chi connectivity index (χ1n) is 7.68. The minimum atomic E-state index is -0.537. The number of hydrogen-bond acceptors (Lipinski definition) is 4. The Labute approximate surface area is 119 Å². The quantitative estimate of drug-likeness (QED) is 0.885. The average molecular weight is 277 g/mol. The molecule has 3 N–H and O–H groups in total. The van der Waals surface area contributed by atoms with Crippen LogP contribution < -0.4 is 11.1 Å². The summed E-state index contributed by atoms with van der Waals surface area (Å²) in [6.07, 6.45) is 10.7. The monoisotopic (exact) mass is 277 g/mol. The molecule has 1 aromatic rings. The smallest absolute Gasteiger partial charge is 0.270 e. The van der Waals surface area contributed by atoms with E-state index in [1.807, 2.05) is 0 Å². The zero-order valence-corrected chi connectivity index (χ0v) is 11.9. The van der Waals surface area contributed by atoms with Crippen molar-refractivity contribution in [2.75, 3.05) is 0 Å². The molecule has 1 amide bonds. The summed E-state index contributed by atoms with van der Waals surface area (Å²) >= 11 is 0. The Hall–Kier alpha value is -1.36. The van der Waals surface area contributed by atoms with Gasteiger partial charge in [-0.2, -0.15) is 0 Å². The molecule has 1 aromatic heterocycles. The Kier molecular flexibility index (Phi) is 3.78. The van der Waals surface area contributed by atoms with E-state index in [0.29, 0.717) is 23.8 Å². The highest BCUT2D eigenvalue weighted by atomic mass is 16.5. The van der Waals surface area contributed by atoms with Gasteiger partial charge < -0.3 is 15.6 Å². The number of hydrogen-bond donors (Lipinski definition) is 2. The van der Waals surface area contributed by atoms with Gasteiger partial charge in [0.05, 0.1) is 6.54 Å². The van der Waals surface area contributed by atoms with Crippen molar-refractivity contribution in [3.05, 3.63) is 17.5 Å². The number of nitrogens with one attached hydrogen (secondary N) is 1. The number of nitrogens with zero attached hydrogens (tertiary/aromatic N) is 1. The van der Waals surface area contributed by atoms with Crippen LogP contribution in [0.15, 0.2) is 10.6 Å². The minimum absolute atomic E-state index is 0.209. The topological polar surface area (TPSA) is 81.2 Å². The van der Waals surface area contributed by atoms with Crippen LogP contribution in [0.4, 0.5) is 0 Å². The molecular weight excluding hydrogens is 254 g/mol. The van der Waals surface area contributed by atoms with Gasteiger partial charge in [-0.25, -0.2) is 0 Å². The molecule has 0 unspecified atom stereocenters. The molecule has 2 fully saturated rings. The fourth-order valence-electron chi connectivity index (χ4n) is 4.04. The lowest BCUT2D eigenvalue weighted by Gasteiger charge is -2.42. The van der Waals surface area contributed by atoms with Gasteiger partial charge in [-0.15, -0.1) is 0 Å². The van der Waals surface area contributed by atoms with Crippen molar-refractivity contribution in [1.29, 1.82) is 0 Å². The van der Waals surface area contributed by atoms with Gasteiger partial charge in [-0.1, -0.05) is 30.8 Å². The Bertz CT molecular complexity index is 477. The summed E-state index contributed by atoms with van der Waals surface area (Å²) in [5.41, 5.74) is 5.89. The maximum Gasteiger partial charge on any atom is 0.270 e. The van der Waals surface area contributed by atoms with Crippen molar-refractivity contribution in [1.82, 2.24) is 10.5 Å². The Morgan fingerprint density at radius 1 is 1.35 bits per heavy atom. The fourth-order valence-corrected chi connectivity index (χ4v) is 4.04. The number of primary amides is 1. The van der Waals surface area contributed by atoms with Crippen LogP contribution in [0.5, 0.6) is 0 Å². The molecular formula is C15H23N3O2. The predicted molar refractivity (Wildman–Crippen MR) is 75.0 cm³/mol. The molecule has 1 heterocycles. The lowest BCUT2D eigenvalue weighted by atomic mass is 9.69. The summed E-state index contributed by atoms with van der Waals surface area (Å²) in [6.45, 7) is 0.632. The Morgan fingerprint density at radius 2 is 2.05 bits per heavy atom. The van der Waals surface area contributed by atoms with Crippen LogP contribution in [0.25, 0.3) is 0 Å². The maximum atomic E-state index is 11.0. The number of aromatic nitrogens is 1. The van der Waals surface area contributed by atoms with Gasteiger partial charge in [0.25, 0.3) is 5.91 Å². The second-order valence-electron chi connectivity index (χ2n) is 6.29. The molecule has 1 spiro atoms. The van der Waals surface area contributed by atoms with Crippen LogP contribution in [0.3, 0.4) is 0 Å². The second-order valence-corrected chi connectivity index (χ2v) is 6.29. The molecule has 0 aliphatic heterocycles. The third kappa shape index (κ3) is 2.59. The van der Waals surface area contributed by atoms with Crippen LogP contribution in [0.2, 0.25) is 0 Å². The number of rotatable bonds is 4. The van der Waals surface area contributed by atoms with Crippen molar-refractivity contribution >= 4 is 5.91 Å². The van der Waals surface area contributed by atoms with Crippen LogP contribution >= 0.6 is 0 Å². The summed E-state index contributed by atoms with van der Waals surface area (Å²) in [7, 11) is 0. The number of amides is 1. The molecule has 2 aliphatic rings. The molecule has 0 saturated heterocycles. The second kappa shape index (κ2) is 5.56. The van der Waals surface area contributed by atoms with Crippen molar-refractivity contribution in [3.8, 4) is 0 Å². The molecule has 2 aliphatic carbocycles. The maximum absolute atomic E-state index is 11.0. The SMILES string of the molecule is NC(=O)c1cc(CN[C@H]2CCCCC23CCCC3)on1. The number of carbonyl (C=O) groups is 1. The highest BCUT2D eigenvalue weighted by molar-refractivity contribution is 5.90. The van der Waals surface area contributed by atoms with Gasteiger partial charge >= 0.3 is 0 Å².